The molecule has 1 saturated carbocycles. The lowest BCUT2D eigenvalue weighted by molar-refractivity contribution is -0.118. The van der Waals surface area contributed by atoms with Crippen molar-refractivity contribution < 1.29 is 4.79 Å². The second kappa shape index (κ2) is 2.20. The number of Topliss-reactive ketones (excluding diaryl/α,β-unsaturated/α-hetero) is 1. The number of rotatable bonds is 0. The summed E-state index contributed by atoms with van der Waals surface area (Å²) in [5.74, 6) is 1.02. The first-order chi connectivity index (χ1) is 5.21. The van der Waals surface area contributed by atoms with Crippen LogP contribution in [0.2, 0.25) is 0 Å². The summed E-state index contributed by atoms with van der Waals surface area (Å²) in [7, 11) is 0. The Hall–Kier alpha value is -0.590. The molecule has 11 heavy (non-hydrogen) atoms. The second-order valence-corrected chi connectivity index (χ2v) is 4.15. The molecule has 1 fully saturated rings. The Labute approximate surface area is 67.5 Å². The lowest BCUT2D eigenvalue weighted by Crippen LogP contribution is -2.22. The molecule has 0 aromatic rings. The van der Waals surface area contributed by atoms with Gasteiger partial charge in [0.15, 0.2) is 0 Å². The van der Waals surface area contributed by atoms with Crippen molar-refractivity contribution in [3.8, 4) is 0 Å². The van der Waals surface area contributed by atoms with E-state index in [0.29, 0.717) is 17.1 Å². The normalized spacial score (nSPS) is 42.6. The maximum atomic E-state index is 11.2. The van der Waals surface area contributed by atoms with Crippen LogP contribution < -0.4 is 0 Å². The van der Waals surface area contributed by atoms with Gasteiger partial charge in [0.1, 0.15) is 5.78 Å². The second-order valence-electron chi connectivity index (χ2n) is 4.15. The van der Waals surface area contributed by atoms with Crippen molar-refractivity contribution in [3.63, 3.8) is 0 Å². The Morgan fingerprint density at radius 2 is 2.45 bits per heavy atom. The number of allylic oxidation sites excluding steroid dienone is 2. The van der Waals surface area contributed by atoms with Crippen LogP contribution in [-0.4, -0.2) is 5.78 Å². The van der Waals surface area contributed by atoms with Crippen LogP contribution in [0.25, 0.3) is 0 Å². The third kappa shape index (κ3) is 1.03. The Morgan fingerprint density at radius 1 is 1.64 bits per heavy atom. The maximum absolute atomic E-state index is 11.2. The highest BCUT2D eigenvalue weighted by Gasteiger charge is 2.42. The van der Waals surface area contributed by atoms with E-state index in [4.69, 9.17) is 0 Å². The van der Waals surface area contributed by atoms with Crippen molar-refractivity contribution in [2.24, 2.45) is 11.3 Å². The molecule has 0 heterocycles. The van der Waals surface area contributed by atoms with E-state index in [1.54, 1.807) is 0 Å². The van der Waals surface area contributed by atoms with Crippen molar-refractivity contribution in [2.75, 3.05) is 0 Å². The van der Waals surface area contributed by atoms with Gasteiger partial charge in [0.25, 0.3) is 0 Å². The summed E-state index contributed by atoms with van der Waals surface area (Å²) in [6.45, 7) is 2.26. The van der Waals surface area contributed by atoms with Crippen LogP contribution in [0.5, 0.6) is 0 Å². The van der Waals surface area contributed by atoms with Crippen LogP contribution in [0.1, 0.15) is 32.6 Å². The van der Waals surface area contributed by atoms with Gasteiger partial charge in [0.05, 0.1) is 0 Å². The van der Waals surface area contributed by atoms with Crippen molar-refractivity contribution in [3.05, 3.63) is 12.2 Å². The lowest BCUT2D eigenvalue weighted by atomic mass is 9.73. The summed E-state index contributed by atoms with van der Waals surface area (Å²) in [5.41, 5.74) is 0.325. The number of ketones is 1. The van der Waals surface area contributed by atoms with Crippen molar-refractivity contribution in [1.82, 2.24) is 0 Å². The van der Waals surface area contributed by atoms with E-state index in [9.17, 15) is 4.79 Å². The predicted octanol–water partition coefficient (Wildman–Crippen LogP) is 2.32. The van der Waals surface area contributed by atoms with Gasteiger partial charge >= 0.3 is 0 Å². The molecule has 0 saturated heterocycles. The molecule has 2 aliphatic rings. The molecule has 0 spiro atoms. The van der Waals surface area contributed by atoms with Gasteiger partial charge in [-0.1, -0.05) is 19.1 Å². The Balaban J connectivity index is 2.27. The van der Waals surface area contributed by atoms with Crippen LogP contribution in [0.3, 0.4) is 0 Å². The monoisotopic (exact) mass is 150 g/mol. The predicted molar refractivity (Wildman–Crippen MR) is 44.2 cm³/mol. The van der Waals surface area contributed by atoms with Gasteiger partial charge in [-0.05, 0) is 24.2 Å². The highest BCUT2D eigenvalue weighted by molar-refractivity contribution is 5.82. The van der Waals surface area contributed by atoms with E-state index in [1.807, 2.05) is 0 Å². The van der Waals surface area contributed by atoms with E-state index in [1.165, 1.54) is 12.8 Å². The first-order valence-electron chi connectivity index (χ1n) is 4.39. The summed E-state index contributed by atoms with van der Waals surface area (Å²) in [6, 6.07) is 0. The fraction of sp³-hybridized carbons (Fsp3) is 0.700. The Bertz CT molecular complexity index is 217. The number of carbonyl (C=O) groups excluding carboxylic acids is 1. The van der Waals surface area contributed by atoms with E-state index >= 15 is 0 Å². The quantitative estimate of drug-likeness (QED) is 0.484. The van der Waals surface area contributed by atoms with Gasteiger partial charge in [0, 0.05) is 12.8 Å². The Morgan fingerprint density at radius 3 is 3.18 bits per heavy atom. The lowest BCUT2D eigenvalue weighted by Gasteiger charge is -2.31. The average molecular weight is 150 g/mol. The molecule has 2 atom stereocenters. The minimum absolute atomic E-state index is 0.325. The van der Waals surface area contributed by atoms with Gasteiger partial charge < -0.3 is 0 Å². The molecule has 2 rings (SSSR count). The SMILES string of the molecule is C[C@]12CCC=CC1CC(=O)C2. The third-order valence-electron chi connectivity index (χ3n) is 3.19. The summed E-state index contributed by atoms with van der Waals surface area (Å²) in [6.07, 6.45) is 8.47. The summed E-state index contributed by atoms with van der Waals surface area (Å²) >= 11 is 0. The van der Waals surface area contributed by atoms with Gasteiger partial charge in [-0.3, -0.25) is 4.79 Å². The molecule has 1 unspecified atom stereocenters. The topological polar surface area (TPSA) is 17.1 Å². The molecule has 0 aromatic heterocycles. The zero-order chi connectivity index (χ0) is 7.90. The van der Waals surface area contributed by atoms with Crippen molar-refractivity contribution >= 4 is 5.78 Å². The molecule has 0 radical (unpaired) electrons. The molecular weight excluding hydrogens is 136 g/mol. The average Bonchev–Trinajstić information content (AvgIpc) is 2.22. The van der Waals surface area contributed by atoms with Gasteiger partial charge in [-0.2, -0.15) is 0 Å². The van der Waals surface area contributed by atoms with Gasteiger partial charge in [0.2, 0.25) is 0 Å². The minimum atomic E-state index is 0.325. The first kappa shape index (κ1) is 7.08. The van der Waals surface area contributed by atoms with E-state index in [0.717, 1.165) is 12.8 Å². The minimum Gasteiger partial charge on any atom is -0.300 e. The molecule has 1 nitrogen and oxygen atoms in total. The van der Waals surface area contributed by atoms with Crippen LogP contribution in [0.15, 0.2) is 12.2 Å². The van der Waals surface area contributed by atoms with Crippen molar-refractivity contribution in [1.29, 1.82) is 0 Å². The smallest absolute Gasteiger partial charge is 0.134 e. The van der Waals surface area contributed by atoms with E-state index in [2.05, 4.69) is 19.1 Å². The van der Waals surface area contributed by atoms with E-state index < -0.39 is 0 Å². The van der Waals surface area contributed by atoms with Crippen LogP contribution in [-0.2, 0) is 4.79 Å². The molecular formula is C10H14O. The molecule has 0 aliphatic heterocycles. The summed E-state index contributed by atoms with van der Waals surface area (Å²) in [5, 5.41) is 0. The zero-order valence-electron chi connectivity index (χ0n) is 6.97. The highest BCUT2D eigenvalue weighted by Crippen LogP contribution is 2.47. The van der Waals surface area contributed by atoms with Gasteiger partial charge in [-0.15, -0.1) is 0 Å². The Kier molecular flexibility index (Phi) is 1.41. The molecule has 0 bridgehead atoms. The number of carbonyl (C=O) groups is 1. The third-order valence-corrected chi connectivity index (χ3v) is 3.19. The molecule has 0 amide bonds. The number of hydrogen-bond acceptors (Lipinski definition) is 1. The molecule has 0 aromatic carbocycles. The highest BCUT2D eigenvalue weighted by atomic mass is 16.1. The maximum Gasteiger partial charge on any atom is 0.134 e. The van der Waals surface area contributed by atoms with E-state index in [-0.39, 0.29) is 0 Å². The van der Waals surface area contributed by atoms with Crippen LogP contribution in [0, 0.1) is 11.3 Å². The van der Waals surface area contributed by atoms with Gasteiger partial charge in [-0.25, -0.2) is 0 Å². The molecule has 60 valence electrons. The van der Waals surface area contributed by atoms with Crippen LogP contribution in [0.4, 0.5) is 0 Å². The fourth-order valence-corrected chi connectivity index (χ4v) is 2.39. The molecule has 0 N–H and O–H groups in total. The van der Waals surface area contributed by atoms with Crippen LogP contribution >= 0.6 is 0 Å². The van der Waals surface area contributed by atoms with Crippen molar-refractivity contribution in [2.45, 2.75) is 32.6 Å². The summed E-state index contributed by atoms with van der Waals surface area (Å²) in [4.78, 5) is 11.2. The zero-order valence-corrected chi connectivity index (χ0v) is 6.97. The number of fused-ring (bicyclic) bond motifs is 1. The molecule has 1 heteroatoms. The standard InChI is InChI=1S/C10H14O/c1-10-5-3-2-4-8(10)6-9(11)7-10/h2,4,8H,3,5-7H2,1H3/t8?,10-/m1/s1. The number of hydrogen-bond donors (Lipinski definition) is 0. The first-order valence-corrected chi connectivity index (χ1v) is 4.39. The fourth-order valence-electron chi connectivity index (χ4n) is 2.39. The molecule has 2 aliphatic carbocycles. The largest absolute Gasteiger partial charge is 0.300 e. The summed E-state index contributed by atoms with van der Waals surface area (Å²) < 4.78 is 0.